The first-order valence-electron chi connectivity index (χ1n) is 7.44. The quantitative estimate of drug-likeness (QED) is 0.705. The number of allylic oxidation sites excluding steroid dienone is 4. The molecule has 1 heteroatoms. The minimum Gasteiger partial charge on any atom is -0.277 e. The molecule has 1 aromatic rings. The number of rotatable bonds is 4. The molecule has 3 unspecified atom stereocenters. The van der Waals surface area contributed by atoms with E-state index in [2.05, 4.69) is 61.6 Å². The summed E-state index contributed by atoms with van der Waals surface area (Å²) in [5.74, 6) is 1.61. The van der Waals surface area contributed by atoms with Crippen molar-refractivity contribution in [3.63, 3.8) is 0 Å². The van der Waals surface area contributed by atoms with Crippen LogP contribution in [0, 0.1) is 11.8 Å². The van der Waals surface area contributed by atoms with Gasteiger partial charge in [-0.3, -0.25) is 4.99 Å². The molecule has 0 N–H and O–H groups in total. The number of nitrogens with zero attached hydrogens (tertiary/aromatic N) is 1. The van der Waals surface area contributed by atoms with E-state index in [1.165, 1.54) is 17.6 Å². The van der Waals surface area contributed by atoms with Crippen LogP contribution in [0.4, 0.5) is 0 Å². The first kappa shape index (κ1) is 13.1. The van der Waals surface area contributed by atoms with Crippen LogP contribution in [-0.2, 0) is 0 Å². The van der Waals surface area contributed by atoms with Crippen LogP contribution >= 0.6 is 0 Å². The summed E-state index contributed by atoms with van der Waals surface area (Å²) in [6.07, 6.45) is 12.5. The normalized spacial score (nSPS) is 26.3. The van der Waals surface area contributed by atoms with Crippen LogP contribution in [0.25, 0.3) is 0 Å². The molecule has 0 saturated heterocycles. The van der Waals surface area contributed by atoms with Crippen molar-refractivity contribution >= 4 is 5.71 Å². The van der Waals surface area contributed by atoms with Gasteiger partial charge in [0, 0.05) is 0 Å². The molecule has 0 spiro atoms. The largest absolute Gasteiger partial charge is 0.277 e. The lowest BCUT2D eigenvalue weighted by atomic mass is 10.0. The second kappa shape index (κ2) is 5.62. The van der Waals surface area contributed by atoms with Gasteiger partial charge >= 0.3 is 0 Å². The fraction of sp³-hybridized carbons (Fsp3) is 0.316. The highest BCUT2D eigenvalue weighted by Crippen LogP contribution is 2.44. The van der Waals surface area contributed by atoms with Gasteiger partial charge in [-0.25, -0.2) is 0 Å². The zero-order valence-electron chi connectivity index (χ0n) is 12.2. The third-order valence-electron chi connectivity index (χ3n) is 4.04. The van der Waals surface area contributed by atoms with E-state index in [0.717, 1.165) is 17.5 Å². The molecule has 3 atom stereocenters. The van der Waals surface area contributed by atoms with E-state index in [1.54, 1.807) is 0 Å². The predicted molar refractivity (Wildman–Crippen MR) is 86.1 cm³/mol. The molecule has 20 heavy (non-hydrogen) atoms. The van der Waals surface area contributed by atoms with E-state index < -0.39 is 0 Å². The van der Waals surface area contributed by atoms with Gasteiger partial charge in [0.2, 0.25) is 0 Å². The molecule has 0 bridgehead atoms. The first-order valence-corrected chi connectivity index (χ1v) is 7.44. The van der Waals surface area contributed by atoms with Crippen LogP contribution in [0.3, 0.4) is 0 Å². The molecule has 2 aliphatic rings. The van der Waals surface area contributed by atoms with Gasteiger partial charge in [-0.15, -0.1) is 0 Å². The molecule has 1 aromatic carbocycles. The minimum absolute atomic E-state index is 0.221. The summed E-state index contributed by atoms with van der Waals surface area (Å²) >= 11 is 0. The van der Waals surface area contributed by atoms with Crippen LogP contribution in [0.5, 0.6) is 0 Å². The van der Waals surface area contributed by atoms with Gasteiger partial charge in [-0.2, -0.15) is 0 Å². The lowest BCUT2D eigenvalue weighted by Crippen LogP contribution is -2.08. The van der Waals surface area contributed by atoms with Crippen molar-refractivity contribution in [2.75, 3.05) is 0 Å². The average molecular weight is 263 g/mol. The third-order valence-corrected chi connectivity index (χ3v) is 4.04. The van der Waals surface area contributed by atoms with Crippen molar-refractivity contribution in [3.8, 4) is 0 Å². The Labute approximate surface area is 121 Å². The molecule has 1 fully saturated rings. The Morgan fingerprint density at radius 1 is 1.25 bits per heavy atom. The Morgan fingerprint density at radius 2 is 2.05 bits per heavy atom. The van der Waals surface area contributed by atoms with Crippen molar-refractivity contribution in [2.45, 2.75) is 26.3 Å². The molecule has 0 radical (unpaired) electrons. The summed E-state index contributed by atoms with van der Waals surface area (Å²) in [5.41, 5.74) is 3.61. The predicted octanol–water partition coefficient (Wildman–Crippen LogP) is 4.57. The highest BCUT2D eigenvalue weighted by molar-refractivity contribution is 6.08. The second-order valence-corrected chi connectivity index (χ2v) is 5.65. The Hall–Kier alpha value is -1.89. The number of aliphatic imine (C=N–C) groups is 1. The molecular formula is C19H21N. The van der Waals surface area contributed by atoms with E-state index >= 15 is 0 Å². The zero-order valence-corrected chi connectivity index (χ0v) is 12.2. The van der Waals surface area contributed by atoms with Crippen LogP contribution in [-0.4, -0.2) is 11.8 Å². The molecule has 0 aromatic heterocycles. The molecule has 3 rings (SSSR count). The summed E-state index contributed by atoms with van der Waals surface area (Å²) in [6.45, 7) is 4.23. The minimum atomic E-state index is 0.221. The first-order chi connectivity index (χ1) is 9.78. The molecule has 102 valence electrons. The zero-order chi connectivity index (χ0) is 13.9. The molecule has 1 nitrogen and oxygen atoms in total. The van der Waals surface area contributed by atoms with Crippen LogP contribution in [0.1, 0.15) is 25.8 Å². The Kier molecular flexibility index (Phi) is 3.68. The monoisotopic (exact) mass is 263 g/mol. The maximum absolute atomic E-state index is 4.92. The van der Waals surface area contributed by atoms with E-state index in [4.69, 9.17) is 4.99 Å². The summed E-state index contributed by atoms with van der Waals surface area (Å²) in [7, 11) is 0. The fourth-order valence-corrected chi connectivity index (χ4v) is 2.73. The van der Waals surface area contributed by atoms with Gasteiger partial charge in [0.25, 0.3) is 0 Å². The second-order valence-electron chi connectivity index (χ2n) is 5.65. The smallest absolute Gasteiger partial charge is 0.0725 e. The van der Waals surface area contributed by atoms with Crippen molar-refractivity contribution in [3.05, 3.63) is 71.8 Å². The van der Waals surface area contributed by atoms with Crippen LogP contribution in [0.15, 0.2) is 71.3 Å². The highest BCUT2D eigenvalue weighted by atomic mass is 14.8. The summed E-state index contributed by atoms with van der Waals surface area (Å²) in [4.78, 5) is 4.92. The van der Waals surface area contributed by atoms with E-state index in [1.807, 2.05) is 13.0 Å². The van der Waals surface area contributed by atoms with Gasteiger partial charge in [-0.05, 0) is 49.3 Å². The number of hydrogen-bond donors (Lipinski definition) is 0. The van der Waals surface area contributed by atoms with Crippen LogP contribution < -0.4 is 0 Å². The molecule has 0 aliphatic heterocycles. The average Bonchev–Trinajstić information content (AvgIpc) is 3.26. The number of fused-ring (bicyclic) bond motifs is 1. The van der Waals surface area contributed by atoms with E-state index in [0.29, 0.717) is 0 Å². The van der Waals surface area contributed by atoms with Crippen molar-refractivity contribution in [1.82, 2.24) is 0 Å². The maximum Gasteiger partial charge on any atom is 0.0725 e. The van der Waals surface area contributed by atoms with Crippen molar-refractivity contribution < 1.29 is 0 Å². The van der Waals surface area contributed by atoms with E-state index in [9.17, 15) is 0 Å². The van der Waals surface area contributed by atoms with Gasteiger partial charge in [-0.1, -0.05) is 54.6 Å². The number of hydrogen-bond acceptors (Lipinski definition) is 1. The lowest BCUT2D eigenvalue weighted by molar-refractivity contribution is 0.847. The number of benzene rings is 1. The Balaban J connectivity index is 1.85. The third kappa shape index (κ3) is 2.82. The SMILES string of the molecule is C/C=C\C(=NC(C)C1=CC2CC2C=C1)c1ccccc1. The Morgan fingerprint density at radius 3 is 2.75 bits per heavy atom. The molecular weight excluding hydrogens is 242 g/mol. The molecule has 0 heterocycles. The van der Waals surface area contributed by atoms with Gasteiger partial charge < -0.3 is 0 Å². The topological polar surface area (TPSA) is 12.4 Å². The molecule has 2 aliphatic carbocycles. The molecule has 1 saturated carbocycles. The molecule has 0 amide bonds. The van der Waals surface area contributed by atoms with E-state index in [-0.39, 0.29) is 6.04 Å². The van der Waals surface area contributed by atoms with Crippen molar-refractivity contribution in [2.24, 2.45) is 16.8 Å². The van der Waals surface area contributed by atoms with Crippen molar-refractivity contribution in [1.29, 1.82) is 0 Å². The van der Waals surface area contributed by atoms with Gasteiger partial charge in [0.05, 0.1) is 11.8 Å². The highest BCUT2D eigenvalue weighted by Gasteiger charge is 2.35. The fourth-order valence-electron chi connectivity index (χ4n) is 2.73. The lowest BCUT2D eigenvalue weighted by Gasteiger charge is -2.13. The summed E-state index contributed by atoms with van der Waals surface area (Å²) < 4.78 is 0. The Bertz CT molecular complexity index is 589. The van der Waals surface area contributed by atoms with Gasteiger partial charge in [0.1, 0.15) is 0 Å². The van der Waals surface area contributed by atoms with Crippen LogP contribution in [0.2, 0.25) is 0 Å². The van der Waals surface area contributed by atoms with Gasteiger partial charge in [0.15, 0.2) is 0 Å². The standard InChI is InChI=1S/C19H21N/c1-3-7-19(15-8-5-4-6-9-15)20-14(2)16-10-11-17-13-18(17)12-16/h3-12,14,17-18H,13H2,1-2H3/b7-3-,20-19?. The summed E-state index contributed by atoms with van der Waals surface area (Å²) in [5, 5.41) is 0. The maximum atomic E-state index is 4.92. The summed E-state index contributed by atoms with van der Waals surface area (Å²) in [6, 6.07) is 10.6.